The summed E-state index contributed by atoms with van der Waals surface area (Å²) in [4.78, 5) is 15.6. The highest BCUT2D eigenvalue weighted by molar-refractivity contribution is 5.94. The van der Waals surface area contributed by atoms with Crippen LogP contribution in [0.5, 0.6) is 0 Å². The van der Waals surface area contributed by atoms with Gasteiger partial charge in [-0.2, -0.15) is 0 Å². The van der Waals surface area contributed by atoms with Gasteiger partial charge in [-0.25, -0.2) is 19.1 Å². The summed E-state index contributed by atoms with van der Waals surface area (Å²) in [5.41, 5.74) is -0.544. The van der Waals surface area contributed by atoms with Crippen molar-refractivity contribution in [3.05, 3.63) is 35.1 Å². The monoisotopic (exact) mass is 248 g/mol. The number of amides is 1. The molecule has 0 aliphatic heterocycles. The fourth-order valence-corrected chi connectivity index (χ4v) is 1.15. The molecule has 0 fully saturated rings. The number of hydrogen-bond donors (Lipinski definition) is 2. The fourth-order valence-electron chi connectivity index (χ4n) is 1.15. The van der Waals surface area contributed by atoms with E-state index in [0.717, 1.165) is 6.07 Å². The molecule has 4 nitrogen and oxygen atoms in total. The molecular formula is C10H11F3N2O2. The van der Waals surface area contributed by atoms with Gasteiger partial charge in [0.1, 0.15) is 0 Å². The maximum Gasteiger partial charge on any atom is 0.254 e. The number of benzene rings is 1. The molecule has 1 aromatic carbocycles. The normalized spacial score (nSPS) is 10.4. The van der Waals surface area contributed by atoms with E-state index in [2.05, 4.69) is 10.2 Å². The van der Waals surface area contributed by atoms with Crippen molar-refractivity contribution in [2.75, 3.05) is 13.2 Å². The summed E-state index contributed by atoms with van der Waals surface area (Å²) in [5, 5.41) is 2.32. The quantitative estimate of drug-likeness (QED) is 0.466. The van der Waals surface area contributed by atoms with Crippen LogP contribution in [0.2, 0.25) is 0 Å². The van der Waals surface area contributed by atoms with Crippen LogP contribution in [0, 0.1) is 17.5 Å². The minimum absolute atomic E-state index is 0.189. The van der Waals surface area contributed by atoms with Gasteiger partial charge in [0.2, 0.25) is 0 Å². The Morgan fingerprint density at radius 1 is 1.29 bits per heavy atom. The molecule has 17 heavy (non-hydrogen) atoms. The lowest BCUT2D eigenvalue weighted by atomic mass is 10.2. The molecule has 0 aliphatic carbocycles. The van der Waals surface area contributed by atoms with E-state index < -0.39 is 28.9 Å². The van der Waals surface area contributed by atoms with Crippen LogP contribution in [0.25, 0.3) is 0 Å². The van der Waals surface area contributed by atoms with E-state index in [4.69, 9.17) is 5.90 Å². The van der Waals surface area contributed by atoms with E-state index >= 15 is 0 Å². The van der Waals surface area contributed by atoms with Crippen molar-refractivity contribution in [1.29, 1.82) is 0 Å². The number of carbonyl (C=O) groups is 1. The van der Waals surface area contributed by atoms with Crippen LogP contribution < -0.4 is 11.2 Å². The van der Waals surface area contributed by atoms with Crippen molar-refractivity contribution in [3.63, 3.8) is 0 Å². The Hall–Kier alpha value is -1.60. The van der Waals surface area contributed by atoms with Crippen LogP contribution in [0.15, 0.2) is 12.1 Å². The molecule has 1 aromatic rings. The number of halogens is 3. The van der Waals surface area contributed by atoms with Crippen molar-refractivity contribution < 1.29 is 22.8 Å². The predicted octanol–water partition coefficient (Wildman–Crippen LogP) is 1.11. The van der Waals surface area contributed by atoms with Gasteiger partial charge >= 0.3 is 0 Å². The first-order chi connectivity index (χ1) is 8.07. The van der Waals surface area contributed by atoms with Crippen molar-refractivity contribution in [3.8, 4) is 0 Å². The average Bonchev–Trinajstić information content (AvgIpc) is 2.31. The first-order valence-corrected chi connectivity index (χ1v) is 4.81. The van der Waals surface area contributed by atoms with Crippen LogP contribution in [-0.2, 0) is 4.84 Å². The van der Waals surface area contributed by atoms with E-state index in [9.17, 15) is 18.0 Å². The van der Waals surface area contributed by atoms with E-state index in [1.54, 1.807) is 0 Å². The highest BCUT2D eigenvalue weighted by Crippen LogP contribution is 2.14. The number of rotatable bonds is 5. The van der Waals surface area contributed by atoms with E-state index in [0.29, 0.717) is 12.5 Å². The topological polar surface area (TPSA) is 64.3 Å². The van der Waals surface area contributed by atoms with Gasteiger partial charge in [0.15, 0.2) is 17.5 Å². The maximum atomic E-state index is 13.2. The van der Waals surface area contributed by atoms with Crippen molar-refractivity contribution in [1.82, 2.24) is 5.32 Å². The molecular weight excluding hydrogens is 237 g/mol. The SMILES string of the molecule is NOCCCNC(=O)c1ccc(F)c(F)c1F. The molecule has 1 rings (SSSR count). The van der Waals surface area contributed by atoms with Crippen molar-refractivity contribution in [2.45, 2.75) is 6.42 Å². The Kier molecular flexibility index (Phi) is 4.92. The Bertz CT molecular complexity index is 413. The van der Waals surface area contributed by atoms with Gasteiger partial charge in [-0.15, -0.1) is 0 Å². The number of carbonyl (C=O) groups excluding carboxylic acids is 1. The highest BCUT2D eigenvalue weighted by atomic mass is 19.2. The molecule has 3 N–H and O–H groups in total. The molecule has 0 saturated carbocycles. The van der Waals surface area contributed by atoms with Crippen LogP contribution in [0.4, 0.5) is 13.2 Å². The number of hydrogen-bond acceptors (Lipinski definition) is 3. The largest absolute Gasteiger partial charge is 0.352 e. The summed E-state index contributed by atoms with van der Waals surface area (Å²) in [6.07, 6.45) is 0.424. The molecule has 0 heterocycles. The Morgan fingerprint density at radius 3 is 2.65 bits per heavy atom. The smallest absolute Gasteiger partial charge is 0.254 e. The first kappa shape index (κ1) is 13.5. The van der Waals surface area contributed by atoms with Crippen LogP contribution in [-0.4, -0.2) is 19.1 Å². The molecule has 7 heteroatoms. The molecule has 0 spiro atoms. The summed E-state index contributed by atoms with van der Waals surface area (Å²) in [6.45, 7) is 0.412. The standard InChI is InChI=1S/C10H11F3N2O2/c11-7-3-2-6(8(12)9(7)13)10(16)15-4-1-5-17-14/h2-3H,1,4-5,14H2,(H,15,16). The third kappa shape index (κ3) is 3.43. The Labute approximate surface area is 95.5 Å². The molecule has 0 aliphatic rings. The molecule has 0 aromatic heterocycles. The van der Waals surface area contributed by atoms with Gasteiger partial charge in [-0.1, -0.05) is 0 Å². The average molecular weight is 248 g/mol. The summed E-state index contributed by atoms with van der Waals surface area (Å²) in [6, 6.07) is 1.57. The number of nitrogens with two attached hydrogens (primary N) is 1. The van der Waals surface area contributed by atoms with Crippen LogP contribution in [0.1, 0.15) is 16.8 Å². The van der Waals surface area contributed by atoms with Gasteiger partial charge in [-0.05, 0) is 18.6 Å². The van der Waals surface area contributed by atoms with Crippen LogP contribution >= 0.6 is 0 Å². The molecule has 0 unspecified atom stereocenters. The lowest BCUT2D eigenvalue weighted by Gasteiger charge is -2.06. The van der Waals surface area contributed by atoms with Gasteiger partial charge in [-0.3, -0.25) is 4.79 Å². The molecule has 0 saturated heterocycles. The second-order valence-electron chi connectivity index (χ2n) is 3.20. The summed E-state index contributed by atoms with van der Waals surface area (Å²) in [7, 11) is 0. The molecule has 0 bridgehead atoms. The summed E-state index contributed by atoms with van der Waals surface area (Å²) in [5.74, 6) is -0.571. The fraction of sp³-hybridized carbons (Fsp3) is 0.300. The molecule has 0 radical (unpaired) electrons. The lowest BCUT2D eigenvalue weighted by molar-refractivity contribution is 0.0936. The Morgan fingerprint density at radius 2 is 2.00 bits per heavy atom. The third-order valence-corrected chi connectivity index (χ3v) is 2.00. The van der Waals surface area contributed by atoms with Gasteiger partial charge in [0.25, 0.3) is 5.91 Å². The van der Waals surface area contributed by atoms with Gasteiger partial charge in [0, 0.05) is 6.54 Å². The highest BCUT2D eigenvalue weighted by Gasteiger charge is 2.18. The zero-order chi connectivity index (χ0) is 12.8. The zero-order valence-electron chi connectivity index (χ0n) is 8.80. The minimum atomic E-state index is -1.66. The summed E-state index contributed by atoms with van der Waals surface area (Å²) < 4.78 is 38.6. The van der Waals surface area contributed by atoms with Crippen molar-refractivity contribution >= 4 is 5.91 Å². The molecule has 0 atom stereocenters. The maximum absolute atomic E-state index is 13.2. The van der Waals surface area contributed by atoms with Gasteiger partial charge in [0.05, 0.1) is 12.2 Å². The second-order valence-corrected chi connectivity index (χ2v) is 3.20. The minimum Gasteiger partial charge on any atom is -0.352 e. The van der Waals surface area contributed by atoms with E-state index in [-0.39, 0.29) is 13.2 Å². The molecule has 1 amide bonds. The van der Waals surface area contributed by atoms with Crippen molar-refractivity contribution in [2.24, 2.45) is 5.90 Å². The molecule has 94 valence electrons. The zero-order valence-corrected chi connectivity index (χ0v) is 8.80. The number of nitrogens with one attached hydrogen (secondary N) is 1. The lowest BCUT2D eigenvalue weighted by Crippen LogP contribution is -2.26. The predicted molar refractivity (Wildman–Crippen MR) is 53.4 cm³/mol. The summed E-state index contributed by atoms with van der Waals surface area (Å²) >= 11 is 0. The van der Waals surface area contributed by atoms with Crippen LogP contribution in [0.3, 0.4) is 0 Å². The second kappa shape index (κ2) is 6.21. The van der Waals surface area contributed by atoms with E-state index in [1.807, 2.05) is 0 Å². The Balaban J connectivity index is 2.66. The van der Waals surface area contributed by atoms with E-state index in [1.165, 1.54) is 0 Å². The first-order valence-electron chi connectivity index (χ1n) is 4.81. The van der Waals surface area contributed by atoms with Gasteiger partial charge < -0.3 is 10.2 Å². The third-order valence-electron chi connectivity index (χ3n) is 2.00.